The molecule has 2 bridgehead atoms. The van der Waals surface area contributed by atoms with Crippen LogP contribution in [-0.4, -0.2) is 12.2 Å². The molecule has 2 heterocycles. The van der Waals surface area contributed by atoms with Crippen LogP contribution in [-0.2, 0) is 4.74 Å². The second-order valence-corrected chi connectivity index (χ2v) is 3.50. The van der Waals surface area contributed by atoms with Crippen LogP contribution >= 0.6 is 0 Å². The Morgan fingerprint density at radius 1 is 1.00 bits per heavy atom. The lowest BCUT2D eigenvalue weighted by molar-refractivity contribution is 0.103. The molecule has 13 heavy (non-hydrogen) atoms. The van der Waals surface area contributed by atoms with Gasteiger partial charge < -0.3 is 4.74 Å². The average molecular weight is 174 g/mol. The fraction of sp³-hybridized carbons (Fsp3) is 0.600. The Morgan fingerprint density at radius 2 is 1.46 bits per heavy atom. The van der Waals surface area contributed by atoms with Crippen LogP contribution in [0.1, 0.15) is 12.8 Å². The lowest BCUT2D eigenvalue weighted by atomic mass is 9.80. The number of fused-ring (bicyclic) bond motifs is 2. The van der Waals surface area contributed by atoms with Gasteiger partial charge in [-0.2, -0.15) is 10.5 Å². The quantitative estimate of drug-likeness (QED) is 0.594. The maximum Gasteiger partial charge on any atom is 0.0807 e. The van der Waals surface area contributed by atoms with Crippen molar-refractivity contribution in [3.8, 4) is 12.1 Å². The van der Waals surface area contributed by atoms with E-state index in [9.17, 15) is 0 Å². The van der Waals surface area contributed by atoms with E-state index in [0.717, 1.165) is 0 Å². The van der Waals surface area contributed by atoms with Gasteiger partial charge in [0.1, 0.15) is 0 Å². The molecule has 2 aliphatic heterocycles. The van der Waals surface area contributed by atoms with Crippen molar-refractivity contribution in [1.29, 1.82) is 10.5 Å². The smallest absolute Gasteiger partial charge is 0.0807 e. The van der Waals surface area contributed by atoms with Crippen LogP contribution in [0.25, 0.3) is 0 Å². The van der Waals surface area contributed by atoms with E-state index in [1.165, 1.54) is 0 Å². The van der Waals surface area contributed by atoms with Gasteiger partial charge in [0.05, 0.1) is 24.3 Å². The maximum absolute atomic E-state index is 8.63. The van der Waals surface area contributed by atoms with Crippen molar-refractivity contribution >= 4 is 0 Å². The highest BCUT2D eigenvalue weighted by atomic mass is 16.5. The molecule has 2 aliphatic rings. The summed E-state index contributed by atoms with van der Waals surface area (Å²) in [4.78, 5) is 0. The van der Waals surface area contributed by atoms with Crippen LogP contribution in [0.4, 0.5) is 0 Å². The van der Waals surface area contributed by atoms with Crippen LogP contribution in [0.15, 0.2) is 12.2 Å². The molecule has 0 aromatic heterocycles. The van der Waals surface area contributed by atoms with E-state index in [1.807, 2.05) is 12.2 Å². The number of hydrogen-bond donors (Lipinski definition) is 0. The second kappa shape index (κ2) is 3.20. The first-order chi connectivity index (χ1) is 6.36. The van der Waals surface area contributed by atoms with Crippen LogP contribution in [0.2, 0.25) is 0 Å². The molecule has 0 spiro atoms. The number of rotatable bonds is 2. The number of nitrogens with zero attached hydrogens (tertiary/aromatic N) is 2. The molecule has 1 saturated heterocycles. The van der Waals surface area contributed by atoms with Gasteiger partial charge in [-0.3, -0.25) is 0 Å². The third-order valence-electron chi connectivity index (χ3n) is 2.85. The summed E-state index contributed by atoms with van der Waals surface area (Å²) < 4.78 is 5.59. The van der Waals surface area contributed by atoms with Crippen LogP contribution < -0.4 is 0 Å². The van der Waals surface area contributed by atoms with Crippen LogP contribution in [0.5, 0.6) is 0 Å². The number of nitriles is 2. The molecule has 0 aromatic rings. The average Bonchev–Trinajstić information content (AvgIpc) is 2.69. The summed E-state index contributed by atoms with van der Waals surface area (Å²) >= 11 is 0. The van der Waals surface area contributed by atoms with Gasteiger partial charge in [0.25, 0.3) is 0 Å². The Hall–Kier alpha value is -1.32. The van der Waals surface area contributed by atoms with E-state index in [0.29, 0.717) is 12.8 Å². The summed E-state index contributed by atoms with van der Waals surface area (Å²) in [5, 5.41) is 17.3. The van der Waals surface area contributed by atoms with E-state index in [2.05, 4.69) is 12.1 Å². The zero-order valence-corrected chi connectivity index (χ0v) is 7.18. The molecule has 66 valence electrons. The second-order valence-electron chi connectivity index (χ2n) is 3.50. The fourth-order valence-corrected chi connectivity index (χ4v) is 2.21. The molecule has 3 nitrogen and oxygen atoms in total. The first-order valence-electron chi connectivity index (χ1n) is 4.44. The summed E-state index contributed by atoms with van der Waals surface area (Å²) in [6, 6.07) is 4.32. The molecule has 0 aromatic carbocycles. The minimum Gasteiger partial charge on any atom is -0.366 e. The van der Waals surface area contributed by atoms with Crippen molar-refractivity contribution in [3.05, 3.63) is 12.2 Å². The molecule has 0 radical (unpaired) electrons. The molecule has 2 rings (SSSR count). The zero-order valence-electron chi connectivity index (χ0n) is 7.18. The van der Waals surface area contributed by atoms with E-state index in [-0.39, 0.29) is 24.0 Å². The Balaban J connectivity index is 2.13. The minimum atomic E-state index is 0.0861. The van der Waals surface area contributed by atoms with Crippen molar-refractivity contribution in [1.82, 2.24) is 0 Å². The molecule has 0 amide bonds. The largest absolute Gasteiger partial charge is 0.366 e. The molecular formula is C10H10N2O. The predicted octanol–water partition coefficient (Wildman–Crippen LogP) is 1.38. The molecule has 0 aliphatic carbocycles. The topological polar surface area (TPSA) is 56.8 Å². The Morgan fingerprint density at radius 3 is 1.85 bits per heavy atom. The maximum atomic E-state index is 8.63. The van der Waals surface area contributed by atoms with E-state index >= 15 is 0 Å². The van der Waals surface area contributed by atoms with Crippen LogP contribution in [0, 0.1) is 34.5 Å². The van der Waals surface area contributed by atoms with Gasteiger partial charge in [-0.1, -0.05) is 12.2 Å². The molecule has 4 atom stereocenters. The summed E-state index contributed by atoms with van der Waals surface area (Å²) in [6.45, 7) is 0. The fourth-order valence-electron chi connectivity index (χ4n) is 2.21. The van der Waals surface area contributed by atoms with Crippen molar-refractivity contribution in [3.63, 3.8) is 0 Å². The first kappa shape index (κ1) is 8.29. The van der Waals surface area contributed by atoms with Gasteiger partial charge in [-0.05, 0) is 0 Å². The van der Waals surface area contributed by atoms with E-state index in [4.69, 9.17) is 15.3 Å². The van der Waals surface area contributed by atoms with Crippen LogP contribution in [0.3, 0.4) is 0 Å². The lowest BCUT2D eigenvalue weighted by Crippen LogP contribution is -2.23. The summed E-state index contributed by atoms with van der Waals surface area (Å²) in [7, 11) is 0. The van der Waals surface area contributed by atoms with Gasteiger partial charge in [-0.25, -0.2) is 0 Å². The molecule has 0 saturated carbocycles. The van der Waals surface area contributed by atoms with E-state index in [1.54, 1.807) is 0 Å². The van der Waals surface area contributed by atoms with E-state index < -0.39 is 0 Å². The van der Waals surface area contributed by atoms with Gasteiger partial charge >= 0.3 is 0 Å². The molecular weight excluding hydrogens is 164 g/mol. The lowest BCUT2D eigenvalue weighted by Gasteiger charge is -2.19. The zero-order chi connectivity index (χ0) is 9.26. The molecule has 0 N–H and O–H groups in total. The standard InChI is InChI=1S/C10H10N2O/c11-5-3-7-8(4-6-12)10-2-1-9(7)13-10/h1-2,7-10H,3-4H2/t7-,8-,9-,10+/m1/s1. The minimum absolute atomic E-state index is 0.0861. The highest BCUT2D eigenvalue weighted by molar-refractivity contribution is 5.16. The third-order valence-corrected chi connectivity index (χ3v) is 2.85. The van der Waals surface area contributed by atoms with Gasteiger partial charge in [0.2, 0.25) is 0 Å². The van der Waals surface area contributed by atoms with Gasteiger partial charge in [-0.15, -0.1) is 0 Å². The number of ether oxygens (including phenoxy) is 1. The van der Waals surface area contributed by atoms with Gasteiger partial charge in [0.15, 0.2) is 0 Å². The highest BCUT2D eigenvalue weighted by Crippen LogP contribution is 2.42. The third kappa shape index (κ3) is 1.22. The Labute approximate surface area is 77.2 Å². The van der Waals surface area contributed by atoms with Gasteiger partial charge in [0, 0.05) is 24.7 Å². The first-order valence-corrected chi connectivity index (χ1v) is 4.44. The van der Waals surface area contributed by atoms with Crippen molar-refractivity contribution in [2.45, 2.75) is 25.0 Å². The summed E-state index contributed by atoms with van der Waals surface area (Å²) in [5.74, 6) is 0.472. The normalized spacial score (nSPS) is 40.2. The molecule has 3 heteroatoms. The summed E-state index contributed by atoms with van der Waals surface area (Å²) in [5.41, 5.74) is 0. The SMILES string of the molecule is N#CC[C@@H]1[C@@H](CC#N)[C@H]2C=C[C@@H]1O2. The molecule has 1 fully saturated rings. The summed E-state index contributed by atoms with van der Waals surface area (Å²) in [6.07, 6.45) is 5.20. The Bertz CT molecular complexity index is 280. The predicted molar refractivity (Wildman–Crippen MR) is 45.2 cm³/mol. The monoisotopic (exact) mass is 174 g/mol. The molecule has 0 unspecified atom stereocenters. The Kier molecular flexibility index (Phi) is 2.04. The van der Waals surface area contributed by atoms with Crippen molar-refractivity contribution < 1.29 is 4.74 Å². The number of hydrogen-bond acceptors (Lipinski definition) is 3. The van der Waals surface area contributed by atoms with Crippen molar-refractivity contribution in [2.75, 3.05) is 0 Å². The highest BCUT2D eigenvalue weighted by Gasteiger charge is 2.45. The van der Waals surface area contributed by atoms with Crippen molar-refractivity contribution in [2.24, 2.45) is 11.8 Å².